The summed E-state index contributed by atoms with van der Waals surface area (Å²) in [6, 6.07) is 18.3. The molecular weight excluding hydrogens is 848 g/mol. The lowest BCUT2D eigenvalue weighted by Gasteiger charge is -2.39. The first-order valence-electron chi connectivity index (χ1n) is 21.4. The van der Waals surface area contributed by atoms with Gasteiger partial charge in [0.1, 0.15) is 27.1 Å². The summed E-state index contributed by atoms with van der Waals surface area (Å²) in [6.07, 6.45) is 10.3. The van der Waals surface area contributed by atoms with Gasteiger partial charge in [-0.15, -0.1) is 0 Å². The fraction of sp³-hybridized carbons (Fsp3) is 0.426. The summed E-state index contributed by atoms with van der Waals surface area (Å²) in [7, 11) is -4.42. The second kappa shape index (κ2) is 16.8. The number of anilines is 1. The quantitative estimate of drug-likeness (QED) is 0.111. The molecule has 4 heterocycles. The first kappa shape index (κ1) is 42.6. The van der Waals surface area contributed by atoms with Crippen LogP contribution in [0.1, 0.15) is 75.2 Å². The van der Waals surface area contributed by atoms with E-state index in [1.165, 1.54) is 22.8 Å². The molecule has 2 saturated carbocycles. The Morgan fingerprint density at radius 1 is 0.984 bits per heavy atom. The molecule has 4 aliphatic rings. The number of piperazine rings is 1. The van der Waals surface area contributed by atoms with E-state index < -0.39 is 21.5 Å². The van der Waals surface area contributed by atoms with Crippen LogP contribution < -0.4 is 19.1 Å². The Labute approximate surface area is 372 Å². The van der Waals surface area contributed by atoms with Gasteiger partial charge >= 0.3 is 0 Å². The van der Waals surface area contributed by atoms with Gasteiger partial charge < -0.3 is 24.5 Å². The van der Waals surface area contributed by atoms with E-state index in [2.05, 4.69) is 55.5 Å². The largest absolute Gasteiger partial charge is 0.476 e. The summed E-state index contributed by atoms with van der Waals surface area (Å²) in [4.78, 5) is 30.1. The van der Waals surface area contributed by atoms with E-state index in [0.717, 1.165) is 93.5 Å². The monoisotopic (exact) mass is 898 g/mol. The van der Waals surface area contributed by atoms with Crippen LogP contribution >= 0.6 is 23.2 Å². The second-order valence-corrected chi connectivity index (χ2v) is 21.0. The molecule has 12 nitrogen and oxygen atoms in total. The van der Waals surface area contributed by atoms with Crippen molar-refractivity contribution in [3.63, 3.8) is 0 Å². The van der Waals surface area contributed by atoms with Crippen molar-refractivity contribution in [2.75, 3.05) is 44.2 Å². The minimum Gasteiger partial charge on any atom is -0.476 e. The van der Waals surface area contributed by atoms with Crippen molar-refractivity contribution in [3.05, 3.63) is 106 Å². The molecule has 326 valence electrons. The fourth-order valence-electron chi connectivity index (χ4n) is 9.93. The van der Waals surface area contributed by atoms with Crippen LogP contribution in [0.3, 0.4) is 0 Å². The number of carbonyl (C=O) groups is 1. The number of amides is 1. The zero-order valence-electron chi connectivity index (χ0n) is 35.2. The van der Waals surface area contributed by atoms with Crippen LogP contribution in [0.2, 0.25) is 10.0 Å². The van der Waals surface area contributed by atoms with Crippen LogP contribution in [0.25, 0.3) is 16.6 Å². The van der Waals surface area contributed by atoms with E-state index in [-0.39, 0.29) is 44.4 Å². The zero-order valence-corrected chi connectivity index (χ0v) is 37.5. The van der Waals surface area contributed by atoms with Crippen molar-refractivity contribution in [2.24, 2.45) is 23.2 Å². The molecule has 9 rings (SSSR count). The Morgan fingerprint density at radius 2 is 1.77 bits per heavy atom. The number of halogens is 2. The lowest BCUT2D eigenvalue weighted by molar-refractivity contribution is -0.0121. The molecule has 3 aliphatic carbocycles. The number of nitrogens with one attached hydrogen (secondary N) is 2. The summed E-state index contributed by atoms with van der Waals surface area (Å²) in [6.45, 7) is 11.1. The number of carbonyl (C=O) groups excluding carboxylic acids is 1. The normalized spacial score (nSPS) is 23.8. The molecule has 4 atom stereocenters. The molecule has 0 spiro atoms. The van der Waals surface area contributed by atoms with Crippen LogP contribution in [-0.4, -0.2) is 84.2 Å². The lowest BCUT2D eigenvalue weighted by atomic mass is 9.72. The number of rotatable bonds is 12. The summed E-state index contributed by atoms with van der Waals surface area (Å²) >= 11 is 12.7. The molecule has 3 fully saturated rings. The molecule has 0 unspecified atom stereocenters. The molecule has 1 aliphatic heterocycles. The number of nitrogens with zero attached hydrogens (tertiary/aromatic N) is 4. The summed E-state index contributed by atoms with van der Waals surface area (Å²) in [5, 5.41) is 12.1. The van der Waals surface area contributed by atoms with Gasteiger partial charge in [0.05, 0.1) is 30.2 Å². The first-order valence-corrected chi connectivity index (χ1v) is 23.6. The van der Waals surface area contributed by atoms with Gasteiger partial charge in [-0.1, -0.05) is 54.8 Å². The zero-order chi connectivity index (χ0) is 43.4. The molecule has 1 saturated heterocycles. The number of hydrogen-bond donors (Lipinski definition) is 3. The van der Waals surface area contributed by atoms with Crippen LogP contribution in [0.15, 0.2) is 89.7 Å². The Hall–Kier alpha value is -4.66. The maximum Gasteiger partial charge on any atom is 0.268 e. The molecule has 5 aromatic rings. The topological polar surface area (TPSA) is 150 Å². The van der Waals surface area contributed by atoms with E-state index in [4.69, 9.17) is 32.7 Å². The summed E-state index contributed by atoms with van der Waals surface area (Å²) in [5.41, 5.74) is 5.31. The highest BCUT2D eigenvalue weighted by Gasteiger charge is 2.51. The number of hydrogen-bond acceptors (Lipinski definition) is 10. The number of aromatic nitrogens is 3. The maximum atomic E-state index is 13.9. The first-order chi connectivity index (χ1) is 29.6. The number of fused-ring (bicyclic) bond motifs is 3. The third kappa shape index (κ3) is 9.05. The summed E-state index contributed by atoms with van der Waals surface area (Å²) in [5.74, 6) is 0.679. The molecule has 62 heavy (non-hydrogen) atoms. The molecule has 2 bridgehead atoms. The van der Waals surface area contributed by atoms with Crippen molar-refractivity contribution in [3.8, 4) is 17.4 Å². The van der Waals surface area contributed by atoms with Crippen LogP contribution in [0.4, 0.5) is 5.69 Å². The van der Waals surface area contributed by atoms with Gasteiger partial charge in [-0.05, 0) is 122 Å². The van der Waals surface area contributed by atoms with Crippen LogP contribution in [0, 0.1) is 23.2 Å². The van der Waals surface area contributed by atoms with Gasteiger partial charge in [-0.2, -0.15) is 0 Å². The highest BCUT2D eigenvalue weighted by Crippen LogP contribution is 2.53. The van der Waals surface area contributed by atoms with Gasteiger partial charge in [-0.3, -0.25) is 9.69 Å². The molecule has 3 N–H and O–H groups in total. The van der Waals surface area contributed by atoms with Gasteiger partial charge in [-0.25, -0.2) is 23.1 Å². The van der Waals surface area contributed by atoms with Gasteiger partial charge in [0.2, 0.25) is 5.88 Å². The smallest absolute Gasteiger partial charge is 0.268 e. The number of aliphatic hydroxyl groups is 1. The molecule has 0 radical (unpaired) electrons. The minimum absolute atomic E-state index is 0.0120. The molecule has 1 amide bonds. The van der Waals surface area contributed by atoms with Crippen molar-refractivity contribution >= 4 is 61.4 Å². The van der Waals surface area contributed by atoms with Crippen molar-refractivity contribution in [1.82, 2.24) is 24.6 Å². The number of pyridine rings is 2. The Kier molecular flexibility index (Phi) is 11.6. The number of benzene rings is 2. The lowest BCUT2D eigenvalue weighted by Crippen LogP contribution is -2.47. The average Bonchev–Trinajstić information content (AvgIpc) is 3.95. The maximum absolute atomic E-state index is 13.9. The molecule has 15 heteroatoms. The number of aromatic amines is 1. The Bertz CT molecular complexity index is 2640. The van der Waals surface area contributed by atoms with E-state index >= 15 is 0 Å². The van der Waals surface area contributed by atoms with Gasteiger partial charge in [0.15, 0.2) is 0 Å². The minimum atomic E-state index is -4.42. The predicted molar refractivity (Wildman–Crippen MR) is 242 cm³/mol. The predicted octanol–water partition coefficient (Wildman–Crippen LogP) is 9.14. The van der Waals surface area contributed by atoms with Crippen molar-refractivity contribution in [2.45, 2.75) is 69.8 Å². The number of H-pyrrole nitrogens is 1. The summed E-state index contributed by atoms with van der Waals surface area (Å²) < 4.78 is 41.8. The van der Waals surface area contributed by atoms with E-state index in [9.17, 15) is 18.3 Å². The van der Waals surface area contributed by atoms with E-state index in [0.29, 0.717) is 23.9 Å². The fourth-order valence-corrected chi connectivity index (χ4v) is 11.3. The van der Waals surface area contributed by atoms with E-state index in [1.54, 1.807) is 30.6 Å². The van der Waals surface area contributed by atoms with Gasteiger partial charge in [0.25, 0.3) is 15.9 Å². The molecule has 2 aromatic carbocycles. The Balaban J connectivity index is 0.899. The van der Waals surface area contributed by atoms with Crippen LogP contribution in [0.5, 0.6) is 17.4 Å². The SMILES string of the molecule is CC1(C)CCC(CN2CCN(c3ccc(C(=O)NS(=O)(=O)c4cnc(OC[C@H]5C[C@@H]6C[C@@H]5C[C@]6(C)O)c(Cl)c4)c(Oc4cnc5[nH]ccc5c4)c3)CC2)=C(c2ccc(Cl)cc2)C1. The van der Waals surface area contributed by atoms with Crippen molar-refractivity contribution in [1.29, 1.82) is 0 Å². The third-order valence-electron chi connectivity index (χ3n) is 13.5. The number of sulfonamides is 1. The van der Waals surface area contributed by atoms with Crippen molar-refractivity contribution < 1.29 is 27.8 Å². The number of allylic oxidation sites excluding steroid dienone is 1. The average molecular weight is 900 g/mol. The molecular formula is C47H52Cl2N6O6S. The third-order valence-corrected chi connectivity index (χ3v) is 15.3. The molecule has 3 aromatic heterocycles. The van der Waals surface area contributed by atoms with Crippen LogP contribution in [-0.2, 0) is 10.0 Å². The van der Waals surface area contributed by atoms with Gasteiger partial charge in [0, 0.05) is 61.1 Å². The highest BCUT2D eigenvalue weighted by atomic mass is 35.5. The number of ether oxygens (including phenoxy) is 2. The second-order valence-electron chi connectivity index (χ2n) is 18.5. The van der Waals surface area contributed by atoms with E-state index in [1.807, 2.05) is 31.2 Å². The Morgan fingerprint density at radius 3 is 2.50 bits per heavy atom. The standard InChI is InChI=1S/C47H52Cl2N6O6S/c1-46(2)12-10-31(40(24-46)29-4-6-35(48)7-5-29)27-54-14-16-55(17-15-54)36-8-9-39(42(21-36)61-37-20-30-11-13-50-43(30)51-25-37)44(56)53-62(58,59)38-22-41(49)45(52-26-38)60-28-33-19-34-18-32(33)23-47(34,3)57/h4-9,11,13,20-22,25-26,32-34,57H,10,12,14-19,23-24,27-28H2,1-3H3,(H,50,51)(H,53,56)/t32-,33-,34+,47+/m1/s1. The highest BCUT2D eigenvalue weighted by molar-refractivity contribution is 7.90.